The average Bonchev–Trinajstić information content (AvgIpc) is 2.38. The van der Waals surface area contributed by atoms with Gasteiger partial charge in [0.1, 0.15) is 5.75 Å². The molecule has 0 bridgehead atoms. The van der Waals surface area contributed by atoms with Crippen LogP contribution in [0.4, 0.5) is 0 Å². The summed E-state index contributed by atoms with van der Waals surface area (Å²) in [6.07, 6.45) is 1.55. The second-order valence-electron chi connectivity index (χ2n) is 5.14. The Morgan fingerprint density at radius 3 is 2.79 bits per heavy atom. The summed E-state index contributed by atoms with van der Waals surface area (Å²) in [7, 11) is 1.63. The van der Waals surface area contributed by atoms with Crippen LogP contribution in [0.1, 0.15) is 45.2 Å². The van der Waals surface area contributed by atoms with Crippen LogP contribution >= 0.6 is 0 Å². The topological polar surface area (TPSA) is 64.4 Å². The standard InChI is InChI=1S/C15H24N2O2/c1-5-9-15(3,16)14(18)17-11(2)12-7-6-8-13(10-12)19-4/h6-8,10-11H,5,9,16H2,1-4H3,(H,17,18)/t11-,15?/m0/s1. The highest BCUT2D eigenvalue weighted by Crippen LogP contribution is 2.19. The van der Waals surface area contributed by atoms with Gasteiger partial charge < -0.3 is 15.8 Å². The molecule has 0 aliphatic heterocycles. The number of methoxy groups -OCH3 is 1. The Morgan fingerprint density at radius 2 is 2.21 bits per heavy atom. The summed E-state index contributed by atoms with van der Waals surface area (Å²) in [5.74, 6) is 0.660. The van der Waals surface area contributed by atoms with E-state index in [0.717, 1.165) is 17.7 Å². The van der Waals surface area contributed by atoms with Crippen LogP contribution in [0.3, 0.4) is 0 Å². The van der Waals surface area contributed by atoms with Crippen molar-refractivity contribution < 1.29 is 9.53 Å². The van der Waals surface area contributed by atoms with E-state index in [0.29, 0.717) is 6.42 Å². The molecule has 4 nitrogen and oxygen atoms in total. The van der Waals surface area contributed by atoms with E-state index in [2.05, 4.69) is 5.32 Å². The second kappa shape index (κ2) is 6.57. The Bertz CT molecular complexity index is 430. The summed E-state index contributed by atoms with van der Waals surface area (Å²) >= 11 is 0. The number of nitrogens with one attached hydrogen (secondary N) is 1. The van der Waals surface area contributed by atoms with Crippen LogP contribution in [0.5, 0.6) is 5.75 Å². The lowest BCUT2D eigenvalue weighted by atomic mass is 9.95. The largest absolute Gasteiger partial charge is 0.497 e. The van der Waals surface area contributed by atoms with Gasteiger partial charge in [-0.25, -0.2) is 0 Å². The van der Waals surface area contributed by atoms with Gasteiger partial charge in [-0.05, 0) is 38.0 Å². The smallest absolute Gasteiger partial charge is 0.240 e. The van der Waals surface area contributed by atoms with Crippen molar-refractivity contribution in [1.82, 2.24) is 5.32 Å². The van der Waals surface area contributed by atoms with E-state index in [1.165, 1.54) is 0 Å². The fourth-order valence-corrected chi connectivity index (χ4v) is 1.99. The lowest BCUT2D eigenvalue weighted by molar-refractivity contribution is -0.126. The molecular formula is C15H24N2O2. The zero-order valence-corrected chi connectivity index (χ0v) is 12.2. The van der Waals surface area contributed by atoms with E-state index in [1.807, 2.05) is 38.1 Å². The minimum atomic E-state index is -0.818. The van der Waals surface area contributed by atoms with Crippen molar-refractivity contribution in [1.29, 1.82) is 0 Å². The van der Waals surface area contributed by atoms with Crippen LogP contribution < -0.4 is 15.8 Å². The first-order valence-electron chi connectivity index (χ1n) is 6.64. The molecule has 106 valence electrons. The third kappa shape index (κ3) is 4.24. The summed E-state index contributed by atoms with van der Waals surface area (Å²) in [6, 6.07) is 7.56. The van der Waals surface area contributed by atoms with Gasteiger partial charge in [0, 0.05) is 0 Å². The Morgan fingerprint density at radius 1 is 1.53 bits per heavy atom. The highest BCUT2D eigenvalue weighted by atomic mass is 16.5. The molecular weight excluding hydrogens is 240 g/mol. The molecule has 19 heavy (non-hydrogen) atoms. The van der Waals surface area contributed by atoms with Crippen molar-refractivity contribution in [3.8, 4) is 5.75 Å². The number of ether oxygens (including phenoxy) is 1. The number of carbonyl (C=O) groups is 1. The molecule has 0 aliphatic rings. The van der Waals surface area contributed by atoms with Gasteiger partial charge in [-0.3, -0.25) is 4.79 Å². The Balaban J connectivity index is 2.73. The van der Waals surface area contributed by atoms with E-state index in [1.54, 1.807) is 14.0 Å². The van der Waals surface area contributed by atoms with Crippen LogP contribution in [-0.4, -0.2) is 18.6 Å². The predicted molar refractivity (Wildman–Crippen MR) is 77.1 cm³/mol. The minimum Gasteiger partial charge on any atom is -0.497 e. The molecule has 0 aromatic heterocycles. The van der Waals surface area contributed by atoms with E-state index in [4.69, 9.17) is 10.5 Å². The molecule has 1 rings (SSSR count). The molecule has 0 fully saturated rings. The Kier molecular flexibility index (Phi) is 5.36. The van der Waals surface area contributed by atoms with Crippen molar-refractivity contribution in [3.63, 3.8) is 0 Å². The predicted octanol–water partition coefficient (Wildman–Crippen LogP) is 2.39. The van der Waals surface area contributed by atoms with E-state index in [-0.39, 0.29) is 11.9 Å². The number of hydrogen-bond acceptors (Lipinski definition) is 3. The van der Waals surface area contributed by atoms with Crippen LogP contribution in [0.2, 0.25) is 0 Å². The van der Waals surface area contributed by atoms with Crippen LogP contribution in [0.15, 0.2) is 24.3 Å². The number of amides is 1. The fourth-order valence-electron chi connectivity index (χ4n) is 1.99. The number of benzene rings is 1. The average molecular weight is 264 g/mol. The third-order valence-corrected chi connectivity index (χ3v) is 3.23. The first-order valence-corrected chi connectivity index (χ1v) is 6.64. The summed E-state index contributed by atoms with van der Waals surface area (Å²) in [5.41, 5.74) is 6.20. The van der Waals surface area contributed by atoms with E-state index < -0.39 is 5.54 Å². The molecule has 0 aliphatic carbocycles. The molecule has 0 saturated carbocycles. The summed E-state index contributed by atoms with van der Waals surface area (Å²) in [5, 5.41) is 2.95. The fraction of sp³-hybridized carbons (Fsp3) is 0.533. The molecule has 1 unspecified atom stereocenters. The van der Waals surface area contributed by atoms with Gasteiger partial charge >= 0.3 is 0 Å². The maximum atomic E-state index is 12.1. The zero-order valence-electron chi connectivity index (χ0n) is 12.2. The van der Waals surface area contributed by atoms with Gasteiger partial charge in [-0.15, -0.1) is 0 Å². The quantitative estimate of drug-likeness (QED) is 0.829. The molecule has 2 atom stereocenters. The van der Waals surface area contributed by atoms with Gasteiger partial charge in [0.25, 0.3) is 0 Å². The highest BCUT2D eigenvalue weighted by molar-refractivity contribution is 5.85. The number of hydrogen-bond donors (Lipinski definition) is 2. The maximum absolute atomic E-state index is 12.1. The lowest BCUT2D eigenvalue weighted by Gasteiger charge is -2.25. The first-order chi connectivity index (χ1) is 8.90. The minimum absolute atomic E-state index is 0.0951. The van der Waals surface area contributed by atoms with Crippen molar-refractivity contribution in [2.75, 3.05) is 7.11 Å². The van der Waals surface area contributed by atoms with Gasteiger partial charge in [-0.1, -0.05) is 25.5 Å². The first kappa shape index (κ1) is 15.5. The Labute approximate surface area is 115 Å². The summed E-state index contributed by atoms with van der Waals surface area (Å²) in [6.45, 7) is 5.72. The monoisotopic (exact) mass is 264 g/mol. The molecule has 0 saturated heterocycles. The lowest BCUT2D eigenvalue weighted by Crippen LogP contribution is -2.52. The summed E-state index contributed by atoms with van der Waals surface area (Å²) < 4.78 is 5.18. The molecule has 1 aromatic carbocycles. The van der Waals surface area contributed by atoms with E-state index >= 15 is 0 Å². The molecule has 3 N–H and O–H groups in total. The highest BCUT2D eigenvalue weighted by Gasteiger charge is 2.28. The van der Waals surface area contributed by atoms with Gasteiger partial charge in [0.2, 0.25) is 5.91 Å². The van der Waals surface area contributed by atoms with Crippen LogP contribution in [-0.2, 0) is 4.79 Å². The normalized spacial score (nSPS) is 15.4. The molecule has 4 heteroatoms. The zero-order chi connectivity index (χ0) is 14.5. The maximum Gasteiger partial charge on any atom is 0.240 e. The summed E-state index contributed by atoms with van der Waals surface area (Å²) in [4.78, 5) is 12.1. The number of rotatable bonds is 6. The molecule has 0 spiro atoms. The van der Waals surface area contributed by atoms with Crippen molar-refractivity contribution in [3.05, 3.63) is 29.8 Å². The number of carbonyl (C=O) groups excluding carboxylic acids is 1. The van der Waals surface area contributed by atoms with Gasteiger partial charge in [0.05, 0.1) is 18.7 Å². The van der Waals surface area contributed by atoms with Crippen LogP contribution in [0.25, 0.3) is 0 Å². The SMILES string of the molecule is CCCC(C)(N)C(=O)N[C@@H](C)c1cccc(OC)c1. The molecule has 1 amide bonds. The van der Waals surface area contributed by atoms with E-state index in [9.17, 15) is 4.79 Å². The van der Waals surface area contributed by atoms with Crippen molar-refractivity contribution in [2.45, 2.75) is 45.2 Å². The third-order valence-electron chi connectivity index (χ3n) is 3.23. The van der Waals surface area contributed by atoms with Crippen molar-refractivity contribution in [2.24, 2.45) is 5.73 Å². The van der Waals surface area contributed by atoms with Gasteiger partial charge in [-0.2, -0.15) is 0 Å². The molecule has 0 heterocycles. The number of nitrogens with two attached hydrogens (primary N) is 1. The van der Waals surface area contributed by atoms with Gasteiger partial charge in [0.15, 0.2) is 0 Å². The Hall–Kier alpha value is -1.55. The van der Waals surface area contributed by atoms with Crippen LogP contribution in [0, 0.1) is 0 Å². The molecule has 0 radical (unpaired) electrons. The molecule has 1 aromatic rings. The van der Waals surface area contributed by atoms with Crippen molar-refractivity contribution >= 4 is 5.91 Å². The second-order valence-corrected chi connectivity index (χ2v) is 5.14.